The summed E-state index contributed by atoms with van der Waals surface area (Å²) in [5.74, 6) is 0.697. The Balaban J connectivity index is 1.57. The molecule has 3 aromatic carbocycles. The second-order valence-corrected chi connectivity index (χ2v) is 10.2. The molecule has 1 aliphatic rings. The number of thiocarbonyl (C=S) groups is 1. The number of benzene rings is 3. The smallest absolute Gasteiger partial charge is 0.266 e. The molecule has 1 aromatic heterocycles. The van der Waals surface area contributed by atoms with E-state index in [1.165, 1.54) is 11.8 Å². The summed E-state index contributed by atoms with van der Waals surface area (Å²) < 4.78 is 7.79. The van der Waals surface area contributed by atoms with Crippen molar-refractivity contribution in [3.05, 3.63) is 107 Å². The Hall–Kier alpha value is -3.68. The summed E-state index contributed by atoms with van der Waals surface area (Å²) in [7, 11) is 1.66. The summed E-state index contributed by atoms with van der Waals surface area (Å²) in [6.45, 7) is 4.03. The first-order valence-electron chi connectivity index (χ1n) is 11.6. The number of hydrogen-bond donors (Lipinski definition) is 0. The van der Waals surface area contributed by atoms with E-state index in [0.29, 0.717) is 9.23 Å². The fourth-order valence-electron chi connectivity index (χ4n) is 4.28. The quantitative estimate of drug-likeness (QED) is 0.210. The maximum atomic E-state index is 13.5. The molecule has 1 aliphatic heterocycles. The molecule has 0 N–H and O–H groups in total. The molecule has 1 fully saturated rings. The SMILES string of the molecule is COc1ccc(-c2nn(-c3ccccc3)cc2/C=C2\SC(=S)N([C@@H](C)c3ccccc3)C2=O)c(C)c1. The van der Waals surface area contributed by atoms with E-state index in [1.54, 1.807) is 12.0 Å². The van der Waals surface area contributed by atoms with E-state index in [2.05, 4.69) is 0 Å². The minimum Gasteiger partial charge on any atom is -0.497 e. The van der Waals surface area contributed by atoms with Crippen LogP contribution < -0.4 is 4.74 Å². The number of methoxy groups -OCH3 is 1. The predicted molar refractivity (Wildman–Crippen MR) is 150 cm³/mol. The van der Waals surface area contributed by atoms with Gasteiger partial charge in [-0.05, 0) is 61.4 Å². The number of rotatable bonds is 6. The third-order valence-corrected chi connectivity index (χ3v) is 7.56. The molecule has 5 rings (SSSR count). The Bertz CT molecular complexity index is 1460. The van der Waals surface area contributed by atoms with Crippen LogP contribution >= 0.6 is 24.0 Å². The minimum absolute atomic E-state index is 0.0915. The standard InChI is InChI=1S/C29H25N3O2S2/c1-19-16-24(34-3)14-15-25(19)27-22(18-31(30-27)23-12-8-5-9-13-23)17-26-28(33)32(29(35)36-26)20(2)21-10-6-4-7-11-21/h4-18,20H,1-3H3/b26-17-/t20-/m0/s1. The molecule has 5 nitrogen and oxygen atoms in total. The summed E-state index contributed by atoms with van der Waals surface area (Å²) >= 11 is 6.97. The van der Waals surface area contributed by atoms with Gasteiger partial charge in [-0.3, -0.25) is 9.69 Å². The normalized spacial score (nSPS) is 15.5. The topological polar surface area (TPSA) is 47.4 Å². The minimum atomic E-state index is -0.153. The molecule has 0 unspecified atom stereocenters. The highest BCUT2D eigenvalue weighted by molar-refractivity contribution is 8.26. The molecule has 0 bridgehead atoms. The molecule has 1 atom stereocenters. The summed E-state index contributed by atoms with van der Waals surface area (Å²) in [5.41, 5.74) is 5.63. The van der Waals surface area contributed by atoms with E-state index in [9.17, 15) is 4.79 Å². The number of thioether (sulfide) groups is 1. The van der Waals surface area contributed by atoms with Gasteiger partial charge in [0.25, 0.3) is 5.91 Å². The van der Waals surface area contributed by atoms with Gasteiger partial charge >= 0.3 is 0 Å². The van der Waals surface area contributed by atoms with Crippen LogP contribution in [0.3, 0.4) is 0 Å². The van der Waals surface area contributed by atoms with E-state index >= 15 is 0 Å². The molecule has 4 aromatic rings. The molecule has 7 heteroatoms. The van der Waals surface area contributed by atoms with Gasteiger partial charge in [-0.2, -0.15) is 5.10 Å². The predicted octanol–water partition coefficient (Wildman–Crippen LogP) is 6.82. The molecule has 36 heavy (non-hydrogen) atoms. The zero-order valence-electron chi connectivity index (χ0n) is 20.2. The lowest BCUT2D eigenvalue weighted by molar-refractivity contribution is -0.123. The first kappa shape index (κ1) is 24.0. The second-order valence-electron chi connectivity index (χ2n) is 8.53. The largest absolute Gasteiger partial charge is 0.497 e. The van der Waals surface area contributed by atoms with Crippen molar-refractivity contribution in [3.63, 3.8) is 0 Å². The first-order valence-corrected chi connectivity index (χ1v) is 12.8. The van der Waals surface area contributed by atoms with Gasteiger partial charge in [0.15, 0.2) is 0 Å². The van der Waals surface area contributed by atoms with Crippen LogP contribution in [-0.2, 0) is 4.79 Å². The number of carbonyl (C=O) groups excluding carboxylic acids is 1. The Morgan fingerprint density at radius 3 is 2.39 bits per heavy atom. The third kappa shape index (κ3) is 4.59. The number of amides is 1. The highest BCUT2D eigenvalue weighted by atomic mass is 32.2. The average Bonchev–Trinajstić information content (AvgIpc) is 3.44. The lowest BCUT2D eigenvalue weighted by Gasteiger charge is -2.23. The Labute approximate surface area is 220 Å². The first-order chi connectivity index (χ1) is 17.5. The Morgan fingerprint density at radius 1 is 1.03 bits per heavy atom. The zero-order valence-corrected chi connectivity index (χ0v) is 21.8. The average molecular weight is 512 g/mol. The molecule has 2 heterocycles. The molecule has 1 saturated heterocycles. The van der Waals surface area contributed by atoms with E-state index < -0.39 is 0 Å². The number of carbonyl (C=O) groups is 1. The van der Waals surface area contributed by atoms with Crippen molar-refractivity contribution in [1.82, 2.24) is 14.7 Å². The summed E-state index contributed by atoms with van der Waals surface area (Å²) in [5, 5.41) is 4.92. The molecule has 0 spiro atoms. The highest BCUT2D eigenvalue weighted by Crippen LogP contribution is 2.39. The van der Waals surface area contributed by atoms with Gasteiger partial charge in [0.2, 0.25) is 0 Å². The monoisotopic (exact) mass is 511 g/mol. The van der Waals surface area contributed by atoms with Gasteiger partial charge < -0.3 is 4.74 Å². The van der Waals surface area contributed by atoms with Gasteiger partial charge in [0.05, 0.1) is 23.7 Å². The van der Waals surface area contributed by atoms with Crippen molar-refractivity contribution in [3.8, 4) is 22.7 Å². The van der Waals surface area contributed by atoms with Crippen LogP contribution in [-0.4, -0.2) is 32.0 Å². The summed E-state index contributed by atoms with van der Waals surface area (Å²) in [6.07, 6.45) is 3.87. The molecule has 0 saturated carbocycles. The van der Waals surface area contributed by atoms with Crippen LogP contribution in [0.5, 0.6) is 5.75 Å². The van der Waals surface area contributed by atoms with Crippen LogP contribution in [0.2, 0.25) is 0 Å². The van der Waals surface area contributed by atoms with Gasteiger partial charge in [-0.15, -0.1) is 0 Å². The zero-order chi connectivity index (χ0) is 25.2. The number of para-hydroxylation sites is 1. The number of aryl methyl sites for hydroxylation is 1. The second kappa shape index (κ2) is 10.1. The highest BCUT2D eigenvalue weighted by Gasteiger charge is 2.36. The van der Waals surface area contributed by atoms with Crippen molar-refractivity contribution in [2.24, 2.45) is 0 Å². The fourth-order valence-corrected chi connectivity index (χ4v) is 5.69. The summed E-state index contributed by atoms with van der Waals surface area (Å²) in [6, 6.07) is 25.6. The maximum Gasteiger partial charge on any atom is 0.266 e. The molecule has 0 aliphatic carbocycles. The molecular formula is C29H25N3O2S2. The number of ether oxygens (including phenoxy) is 1. The van der Waals surface area contributed by atoms with Crippen molar-refractivity contribution in [1.29, 1.82) is 0 Å². The van der Waals surface area contributed by atoms with Crippen molar-refractivity contribution >= 4 is 40.3 Å². The summed E-state index contributed by atoms with van der Waals surface area (Å²) in [4.78, 5) is 15.8. The number of aromatic nitrogens is 2. The van der Waals surface area contributed by atoms with Gasteiger partial charge in [0, 0.05) is 17.3 Å². The van der Waals surface area contributed by atoms with Crippen LogP contribution in [0.15, 0.2) is 90.0 Å². The maximum absolute atomic E-state index is 13.5. The van der Waals surface area contributed by atoms with Crippen molar-refractivity contribution < 1.29 is 9.53 Å². The fraction of sp³-hybridized carbons (Fsp3) is 0.138. The van der Waals surface area contributed by atoms with Crippen LogP contribution in [0.1, 0.15) is 29.7 Å². The molecule has 1 amide bonds. The van der Waals surface area contributed by atoms with Crippen molar-refractivity contribution in [2.75, 3.05) is 7.11 Å². The lowest BCUT2D eigenvalue weighted by Crippen LogP contribution is -2.30. The molecular weight excluding hydrogens is 486 g/mol. The molecule has 180 valence electrons. The Morgan fingerprint density at radius 2 is 1.72 bits per heavy atom. The van der Waals surface area contributed by atoms with Crippen molar-refractivity contribution in [2.45, 2.75) is 19.9 Å². The van der Waals surface area contributed by atoms with Crippen LogP contribution in [0.25, 0.3) is 23.0 Å². The van der Waals surface area contributed by atoms with E-state index in [-0.39, 0.29) is 11.9 Å². The Kier molecular flexibility index (Phi) is 6.76. The van der Waals surface area contributed by atoms with Crippen LogP contribution in [0, 0.1) is 6.92 Å². The van der Waals surface area contributed by atoms with E-state index in [0.717, 1.165) is 39.4 Å². The van der Waals surface area contributed by atoms with Gasteiger partial charge in [-0.25, -0.2) is 4.68 Å². The number of nitrogens with zero attached hydrogens (tertiary/aromatic N) is 3. The third-order valence-electron chi connectivity index (χ3n) is 6.23. The number of hydrogen-bond acceptors (Lipinski definition) is 5. The van der Waals surface area contributed by atoms with Gasteiger partial charge in [0.1, 0.15) is 15.8 Å². The van der Waals surface area contributed by atoms with E-state index in [1.807, 2.05) is 110 Å². The lowest BCUT2D eigenvalue weighted by atomic mass is 10.0. The molecule has 0 radical (unpaired) electrons. The van der Waals surface area contributed by atoms with E-state index in [4.69, 9.17) is 22.1 Å². The van der Waals surface area contributed by atoms with Crippen LogP contribution in [0.4, 0.5) is 0 Å². The van der Waals surface area contributed by atoms with Gasteiger partial charge in [-0.1, -0.05) is 72.5 Å².